The fraction of sp³-hybridized carbons (Fsp3) is 0.500. The normalized spacial score (nSPS) is 13.0. The van der Waals surface area contributed by atoms with E-state index in [1.165, 1.54) is 0 Å². The number of ketones is 1. The molecule has 0 saturated carbocycles. The highest BCUT2D eigenvalue weighted by atomic mass is 19.4. The Morgan fingerprint density at radius 2 is 1.60 bits per heavy atom. The van der Waals surface area contributed by atoms with Crippen molar-refractivity contribution in [3.8, 4) is 0 Å². The summed E-state index contributed by atoms with van der Waals surface area (Å²) in [5.74, 6) is -11.8. The molecule has 0 atom stereocenters. The third kappa shape index (κ3) is 5.33. The average Bonchev–Trinajstić information content (AvgIpc) is 2.23. The van der Waals surface area contributed by atoms with Crippen LogP contribution in [-0.2, 0) is 19.1 Å². The number of carbonyl (C=O) groups is 3. The molecule has 0 radical (unpaired) electrons. The number of carboxylic acids is 1. The van der Waals surface area contributed by atoms with Gasteiger partial charge in [0.05, 0.1) is 6.42 Å². The molecule has 0 aliphatic carbocycles. The number of hydrogen-bond donors (Lipinski definition) is 1. The van der Waals surface area contributed by atoms with E-state index in [9.17, 15) is 36.3 Å². The summed E-state index contributed by atoms with van der Waals surface area (Å²) >= 11 is 0. The zero-order chi connectivity index (χ0) is 16.1. The first kappa shape index (κ1) is 18.0. The molecule has 20 heavy (non-hydrogen) atoms. The van der Waals surface area contributed by atoms with E-state index in [0.717, 1.165) is 6.92 Å². The summed E-state index contributed by atoms with van der Waals surface area (Å²) in [4.78, 5) is 31.7. The third-order valence-corrected chi connectivity index (χ3v) is 1.79. The highest BCUT2D eigenvalue weighted by molar-refractivity contribution is 5.88. The zero-order valence-corrected chi connectivity index (χ0v) is 9.96. The van der Waals surface area contributed by atoms with Crippen LogP contribution in [-0.4, -0.2) is 34.9 Å². The van der Waals surface area contributed by atoms with Crippen molar-refractivity contribution in [1.82, 2.24) is 0 Å². The van der Waals surface area contributed by atoms with Gasteiger partial charge in [-0.25, -0.2) is 4.79 Å². The molecule has 0 spiro atoms. The first-order valence-electron chi connectivity index (χ1n) is 4.97. The van der Waals surface area contributed by atoms with Crippen molar-refractivity contribution in [3.63, 3.8) is 0 Å². The molecule has 0 bridgehead atoms. The van der Waals surface area contributed by atoms with E-state index in [-0.39, 0.29) is 0 Å². The minimum absolute atomic E-state index is 0.466. The van der Waals surface area contributed by atoms with Gasteiger partial charge in [0.1, 0.15) is 5.76 Å². The Kier molecular flexibility index (Phi) is 5.79. The summed E-state index contributed by atoms with van der Waals surface area (Å²) in [7, 11) is 0. The van der Waals surface area contributed by atoms with Crippen molar-refractivity contribution in [2.45, 2.75) is 31.9 Å². The molecule has 10 heteroatoms. The number of carbonyl (C=O) groups excluding carboxylic acids is 2. The van der Waals surface area contributed by atoms with Crippen LogP contribution in [0.1, 0.15) is 19.8 Å². The van der Waals surface area contributed by atoms with E-state index < -0.39 is 48.4 Å². The smallest absolute Gasteiger partial charge is 0.465 e. The largest absolute Gasteiger partial charge is 0.481 e. The van der Waals surface area contributed by atoms with Gasteiger partial charge >= 0.3 is 24.0 Å². The van der Waals surface area contributed by atoms with Gasteiger partial charge in [0.2, 0.25) is 0 Å². The highest BCUT2D eigenvalue weighted by Crippen LogP contribution is 2.37. The lowest BCUT2D eigenvalue weighted by atomic mass is 10.2. The summed E-state index contributed by atoms with van der Waals surface area (Å²) < 4.78 is 64.6. The maximum absolute atomic E-state index is 12.6. The molecule has 0 aliphatic heterocycles. The fourth-order valence-electron chi connectivity index (χ4n) is 0.908. The Balaban J connectivity index is 5.04. The van der Waals surface area contributed by atoms with E-state index in [2.05, 4.69) is 4.74 Å². The van der Waals surface area contributed by atoms with Gasteiger partial charge in [-0.05, 0) is 6.92 Å². The van der Waals surface area contributed by atoms with Gasteiger partial charge < -0.3 is 9.84 Å². The summed E-state index contributed by atoms with van der Waals surface area (Å²) in [5, 5.41) is 8.34. The molecule has 0 amide bonds. The Bertz CT molecular complexity index is 438. The second kappa shape index (κ2) is 6.44. The Morgan fingerprint density at radius 3 is 1.95 bits per heavy atom. The number of hydrogen-bond acceptors (Lipinski definition) is 4. The fourth-order valence-corrected chi connectivity index (χ4v) is 0.908. The van der Waals surface area contributed by atoms with Crippen LogP contribution in [0.5, 0.6) is 0 Å². The average molecular weight is 304 g/mol. The number of rotatable bonds is 6. The molecule has 5 nitrogen and oxygen atoms in total. The van der Waals surface area contributed by atoms with Gasteiger partial charge in [0.25, 0.3) is 0 Å². The van der Waals surface area contributed by atoms with E-state index in [1.54, 1.807) is 0 Å². The number of esters is 1. The lowest BCUT2D eigenvalue weighted by Gasteiger charge is -2.18. The molecule has 1 N–H and O–H groups in total. The van der Waals surface area contributed by atoms with E-state index >= 15 is 0 Å². The standard InChI is InChI=1S/C10H9F5O5/c1-5(16)4-6(2-3-7(17)18)20-8(19)9(11,12)10(13,14)15/h4H,2-3H2,1H3,(H,17,18)/b6-4-. The first-order chi connectivity index (χ1) is 8.87. The van der Waals surface area contributed by atoms with Gasteiger partial charge in [-0.3, -0.25) is 9.59 Å². The van der Waals surface area contributed by atoms with Crippen LogP contribution in [0.4, 0.5) is 22.0 Å². The summed E-state index contributed by atoms with van der Waals surface area (Å²) in [5.41, 5.74) is 0. The highest BCUT2D eigenvalue weighted by Gasteiger charge is 2.65. The molecule has 0 saturated heterocycles. The van der Waals surface area contributed by atoms with Crippen LogP contribution in [0, 0.1) is 0 Å². The lowest BCUT2D eigenvalue weighted by molar-refractivity contribution is -0.278. The van der Waals surface area contributed by atoms with Crippen LogP contribution in [0.2, 0.25) is 0 Å². The molecule has 0 aromatic rings. The lowest BCUT2D eigenvalue weighted by Crippen LogP contribution is -2.45. The van der Waals surface area contributed by atoms with Gasteiger partial charge in [0, 0.05) is 12.5 Å². The second-order valence-electron chi connectivity index (χ2n) is 3.58. The van der Waals surface area contributed by atoms with E-state index in [4.69, 9.17) is 5.11 Å². The van der Waals surface area contributed by atoms with Crippen molar-refractivity contribution in [2.75, 3.05) is 0 Å². The maximum atomic E-state index is 12.6. The molecule has 0 rings (SSSR count). The third-order valence-electron chi connectivity index (χ3n) is 1.79. The monoisotopic (exact) mass is 304 g/mol. The molecule has 0 aliphatic rings. The second-order valence-corrected chi connectivity index (χ2v) is 3.58. The number of carboxylic acid groups (broad SMARTS) is 1. The van der Waals surface area contributed by atoms with Crippen molar-refractivity contribution >= 4 is 17.7 Å². The number of allylic oxidation sites excluding steroid dienone is 2. The maximum Gasteiger partial charge on any atom is 0.465 e. The minimum atomic E-state index is -6.15. The molecule has 0 aromatic heterocycles. The minimum Gasteiger partial charge on any atom is -0.481 e. The first-order valence-corrected chi connectivity index (χ1v) is 4.97. The number of aliphatic carboxylic acids is 1. The van der Waals surface area contributed by atoms with Crippen molar-refractivity contribution in [1.29, 1.82) is 0 Å². The Labute approximate surface area is 109 Å². The predicted octanol–water partition coefficient (Wildman–Crippen LogP) is 2.06. The number of halogens is 5. The number of alkyl halides is 5. The molecular weight excluding hydrogens is 295 g/mol. The number of ether oxygens (including phenoxy) is 1. The molecular formula is C10H9F5O5. The van der Waals surface area contributed by atoms with Crippen LogP contribution in [0.3, 0.4) is 0 Å². The van der Waals surface area contributed by atoms with Crippen LogP contribution in [0.15, 0.2) is 11.8 Å². The van der Waals surface area contributed by atoms with E-state index in [1.807, 2.05) is 0 Å². The summed E-state index contributed by atoms with van der Waals surface area (Å²) in [6, 6.07) is 0. The van der Waals surface area contributed by atoms with Gasteiger partial charge in [-0.15, -0.1) is 0 Å². The molecule has 0 unspecified atom stereocenters. The quantitative estimate of drug-likeness (QED) is 0.351. The SMILES string of the molecule is CC(=O)/C=C(/CCC(=O)O)OC(=O)C(F)(F)C(F)(F)F. The van der Waals surface area contributed by atoms with Crippen LogP contribution < -0.4 is 0 Å². The molecule has 0 heterocycles. The van der Waals surface area contributed by atoms with Crippen molar-refractivity contribution < 1.29 is 46.2 Å². The van der Waals surface area contributed by atoms with Gasteiger partial charge in [0.15, 0.2) is 5.78 Å². The Morgan fingerprint density at radius 1 is 1.10 bits per heavy atom. The van der Waals surface area contributed by atoms with Gasteiger partial charge in [-0.1, -0.05) is 0 Å². The summed E-state index contributed by atoms with van der Waals surface area (Å²) in [6.45, 7) is 0.913. The topological polar surface area (TPSA) is 80.7 Å². The van der Waals surface area contributed by atoms with Crippen molar-refractivity contribution in [2.24, 2.45) is 0 Å². The molecule has 114 valence electrons. The van der Waals surface area contributed by atoms with Crippen molar-refractivity contribution in [3.05, 3.63) is 11.8 Å². The van der Waals surface area contributed by atoms with Gasteiger partial charge in [-0.2, -0.15) is 22.0 Å². The Hall–Kier alpha value is -2.00. The van der Waals surface area contributed by atoms with Crippen LogP contribution in [0.25, 0.3) is 0 Å². The predicted molar refractivity (Wildman–Crippen MR) is 52.7 cm³/mol. The summed E-state index contributed by atoms with van der Waals surface area (Å²) in [6.07, 6.45) is -7.09. The van der Waals surface area contributed by atoms with E-state index in [0.29, 0.717) is 6.08 Å². The molecule has 0 aromatic carbocycles. The van der Waals surface area contributed by atoms with Crippen LogP contribution >= 0.6 is 0 Å². The molecule has 0 fully saturated rings. The zero-order valence-electron chi connectivity index (χ0n) is 9.96.